The molecule has 6 heteroatoms. The van der Waals surface area contributed by atoms with Crippen molar-refractivity contribution < 1.29 is 14.9 Å². The summed E-state index contributed by atoms with van der Waals surface area (Å²) >= 11 is 5.68. The van der Waals surface area contributed by atoms with Crippen LogP contribution in [0.15, 0.2) is 59.6 Å². The van der Waals surface area contributed by atoms with Crippen molar-refractivity contribution >= 4 is 25.2 Å². The highest BCUT2D eigenvalue weighted by Gasteiger charge is 2.19. The molecule has 0 aliphatic rings. The molecular weight excluding hydrogens is 324 g/mol. The van der Waals surface area contributed by atoms with Crippen LogP contribution in [0.1, 0.15) is 11.1 Å². The van der Waals surface area contributed by atoms with Gasteiger partial charge in [0.1, 0.15) is 20.2 Å². The number of hydrogen-bond donors (Lipinski definition) is 1. The van der Waals surface area contributed by atoms with Crippen LogP contribution in [0, 0.1) is 0 Å². The molecule has 0 aromatic heterocycles. The maximum atomic E-state index is 11.1. The van der Waals surface area contributed by atoms with E-state index in [2.05, 4.69) is 4.99 Å². The van der Waals surface area contributed by atoms with Crippen LogP contribution >= 0.6 is 11.6 Å². The van der Waals surface area contributed by atoms with Gasteiger partial charge in [-0.05, 0) is 17.2 Å². The predicted molar refractivity (Wildman–Crippen MR) is 94.6 cm³/mol. The first-order chi connectivity index (χ1) is 11.6. The highest BCUT2D eigenvalue weighted by Crippen LogP contribution is 2.23. The first-order valence-corrected chi connectivity index (χ1v) is 8.12. The maximum Gasteiger partial charge on any atom is 0.123 e. The minimum absolute atomic E-state index is 0.0332. The Morgan fingerprint density at radius 1 is 1.17 bits per heavy atom. The molecule has 0 aliphatic heterocycles. The second-order valence-electron chi connectivity index (χ2n) is 5.34. The smallest absolute Gasteiger partial charge is 0.123 e. The Morgan fingerprint density at radius 3 is 2.50 bits per heavy atom. The van der Waals surface area contributed by atoms with E-state index in [1.807, 2.05) is 54.6 Å². The molecule has 4 nitrogen and oxygen atoms in total. The van der Waals surface area contributed by atoms with Crippen LogP contribution < -0.4 is 9.84 Å². The molecular formula is C18H18BClNO3-. The summed E-state index contributed by atoms with van der Waals surface area (Å²) in [5, 5.41) is 21.0. The summed E-state index contributed by atoms with van der Waals surface area (Å²) in [6.45, 7) is 0.424. The van der Waals surface area contributed by atoms with Crippen molar-refractivity contribution in [2.75, 3.05) is 5.88 Å². The second-order valence-corrected chi connectivity index (χ2v) is 5.65. The molecule has 0 saturated heterocycles. The van der Waals surface area contributed by atoms with Crippen LogP contribution in [0.5, 0.6) is 5.75 Å². The standard InChI is InChI=1S/C18H19BClNO3/c19-18(23)21-15(16(22)11-20)10-14-8-4-5-9-17(14)24-12-13-6-2-1-3-7-13/h1-9,15-16,22H,10-12H2,(H,21,23)/p-1/t15-,16-/m1/s1. The first-order valence-electron chi connectivity index (χ1n) is 7.59. The number of ether oxygens (including phenoxy) is 1. The lowest BCUT2D eigenvalue weighted by Crippen LogP contribution is -2.32. The van der Waals surface area contributed by atoms with E-state index >= 15 is 0 Å². The van der Waals surface area contributed by atoms with Gasteiger partial charge in [0.05, 0.1) is 18.0 Å². The number of aliphatic hydroxyl groups excluding tert-OH is 1. The molecule has 1 N–H and O–H groups in total. The number of nitrogens with zero attached hydrogens (tertiary/aromatic N) is 1. The third-order valence-corrected chi connectivity index (χ3v) is 3.85. The van der Waals surface area contributed by atoms with Crippen molar-refractivity contribution in [2.45, 2.75) is 25.2 Å². The van der Waals surface area contributed by atoms with Crippen molar-refractivity contribution in [3.63, 3.8) is 0 Å². The number of hydrogen-bond acceptors (Lipinski definition) is 4. The number of aliphatic imine (C=N–C) groups is 1. The van der Waals surface area contributed by atoms with Crippen molar-refractivity contribution in [2.24, 2.45) is 4.99 Å². The normalized spacial score (nSPS) is 14.2. The quantitative estimate of drug-likeness (QED) is 0.343. The van der Waals surface area contributed by atoms with Gasteiger partial charge in [0, 0.05) is 6.42 Å². The fraction of sp³-hybridized carbons (Fsp3) is 0.278. The van der Waals surface area contributed by atoms with Crippen molar-refractivity contribution in [1.29, 1.82) is 0 Å². The SMILES string of the molecule is [B]C([O-])=N[C@H](Cc1ccccc1OCc1ccccc1)[C@H](O)CCl. The average Bonchev–Trinajstić information content (AvgIpc) is 2.60. The molecule has 0 heterocycles. The first kappa shape index (κ1) is 18.4. The molecule has 2 radical (unpaired) electrons. The zero-order chi connectivity index (χ0) is 17.4. The summed E-state index contributed by atoms with van der Waals surface area (Å²) in [6.07, 6.45) is -0.650. The Morgan fingerprint density at radius 2 is 1.83 bits per heavy atom. The molecule has 0 bridgehead atoms. The molecule has 0 amide bonds. The molecule has 124 valence electrons. The van der Waals surface area contributed by atoms with E-state index in [4.69, 9.17) is 24.2 Å². The Balaban J connectivity index is 2.13. The van der Waals surface area contributed by atoms with E-state index in [9.17, 15) is 10.2 Å². The lowest BCUT2D eigenvalue weighted by Gasteiger charge is -2.21. The van der Waals surface area contributed by atoms with Gasteiger partial charge in [-0.2, -0.15) is 0 Å². The fourth-order valence-corrected chi connectivity index (χ4v) is 2.51. The largest absolute Gasteiger partial charge is 0.870 e. The molecule has 0 spiro atoms. The lowest BCUT2D eigenvalue weighted by molar-refractivity contribution is -0.208. The number of halogens is 1. The van der Waals surface area contributed by atoms with Gasteiger partial charge in [0.15, 0.2) is 0 Å². The summed E-state index contributed by atoms with van der Waals surface area (Å²) in [7, 11) is 5.12. The van der Waals surface area contributed by atoms with Crippen LogP contribution in [-0.4, -0.2) is 36.8 Å². The van der Waals surface area contributed by atoms with E-state index < -0.39 is 17.9 Å². The molecule has 2 rings (SSSR count). The molecule has 24 heavy (non-hydrogen) atoms. The van der Waals surface area contributed by atoms with Crippen LogP contribution in [0.3, 0.4) is 0 Å². The summed E-state index contributed by atoms with van der Waals surface area (Å²) in [4.78, 5) is 3.75. The third-order valence-electron chi connectivity index (χ3n) is 3.53. The van der Waals surface area contributed by atoms with E-state index in [1.54, 1.807) is 0 Å². The Bertz CT molecular complexity index is 662. The summed E-state index contributed by atoms with van der Waals surface area (Å²) in [5.74, 6) is -0.186. The maximum absolute atomic E-state index is 11.1. The van der Waals surface area contributed by atoms with Crippen LogP contribution in [0.2, 0.25) is 0 Å². The van der Waals surface area contributed by atoms with Crippen molar-refractivity contribution in [1.82, 2.24) is 0 Å². The Hall–Kier alpha value is -1.98. The molecule has 0 unspecified atom stereocenters. The molecule has 2 atom stereocenters. The Labute approximate surface area is 148 Å². The predicted octanol–water partition coefficient (Wildman–Crippen LogP) is 1.66. The van der Waals surface area contributed by atoms with Gasteiger partial charge in [-0.3, -0.25) is 0 Å². The average molecular weight is 343 g/mol. The number of benzene rings is 2. The molecule has 2 aromatic carbocycles. The van der Waals surface area contributed by atoms with E-state index in [1.165, 1.54) is 0 Å². The highest BCUT2D eigenvalue weighted by molar-refractivity contribution is 6.55. The summed E-state index contributed by atoms with van der Waals surface area (Å²) < 4.78 is 5.87. The van der Waals surface area contributed by atoms with Gasteiger partial charge < -0.3 is 19.9 Å². The van der Waals surface area contributed by atoms with Gasteiger partial charge in [0.25, 0.3) is 0 Å². The lowest BCUT2D eigenvalue weighted by atomic mass is 10.0. The highest BCUT2D eigenvalue weighted by atomic mass is 35.5. The number of alkyl halides is 1. The second kappa shape index (κ2) is 9.35. The minimum atomic E-state index is -0.957. The van der Waals surface area contributed by atoms with Crippen LogP contribution in [0.4, 0.5) is 0 Å². The minimum Gasteiger partial charge on any atom is -0.870 e. The molecule has 0 aliphatic carbocycles. The van der Waals surface area contributed by atoms with Crippen molar-refractivity contribution in [3.05, 3.63) is 65.7 Å². The van der Waals surface area contributed by atoms with Crippen LogP contribution in [0.25, 0.3) is 0 Å². The van der Waals surface area contributed by atoms with E-state index in [-0.39, 0.29) is 5.88 Å². The fourth-order valence-electron chi connectivity index (χ4n) is 2.31. The van der Waals surface area contributed by atoms with Gasteiger partial charge in [0.2, 0.25) is 0 Å². The van der Waals surface area contributed by atoms with Crippen LogP contribution in [-0.2, 0) is 13.0 Å². The van der Waals surface area contributed by atoms with Gasteiger partial charge in [-0.15, -0.1) is 11.6 Å². The third kappa shape index (κ3) is 5.58. The van der Waals surface area contributed by atoms with Crippen molar-refractivity contribution in [3.8, 4) is 5.75 Å². The number of rotatable bonds is 8. The topological polar surface area (TPSA) is 64.9 Å². The number of aliphatic hydroxyl groups is 1. The van der Waals surface area contributed by atoms with Gasteiger partial charge >= 0.3 is 0 Å². The number of para-hydroxylation sites is 1. The summed E-state index contributed by atoms with van der Waals surface area (Å²) in [6, 6.07) is 16.5. The van der Waals surface area contributed by atoms with E-state index in [0.717, 1.165) is 11.1 Å². The Kier molecular flexibility index (Phi) is 7.16. The summed E-state index contributed by atoms with van der Waals surface area (Å²) in [5.41, 5.74) is 1.87. The zero-order valence-electron chi connectivity index (χ0n) is 13.1. The zero-order valence-corrected chi connectivity index (χ0v) is 13.9. The van der Waals surface area contributed by atoms with E-state index in [0.29, 0.717) is 18.8 Å². The van der Waals surface area contributed by atoms with Gasteiger partial charge in [-0.1, -0.05) is 54.3 Å². The monoisotopic (exact) mass is 342 g/mol. The van der Waals surface area contributed by atoms with Gasteiger partial charge in [-0.25, -0.2) is 0 Å². The molecule has 0 saturated carbocycles. The molecule has 0 fully saturated rings. The molecule has 2 aromatic rings.